The standard InChI is InChI=1S/C13H10N4O2S/c1-19-13-7(3-2-4-16-13)9-10-8(5-15-6-17-10)20-11(9)12(14)18/h2-6H,1H3,(H2,14,18). The zero-order valence-electron chi connectivity index (χ0n) is 10.5. The number of hydrogen-bond acceptors (Lipinski definition) is 6. The quantitative estimate of drug-likeness (QED) is 0.793. The summed E-state index contributed by atoms with van der Waals surface area (Å²) in [6.07, 6.45) is 4.72. The molecule has 3 heterocycles. The van der Waals surface area contributed by atoms with Gasteiger partial charge in [0.2, 0.25) is 5.88 Å². The molecule has 6 nitrogen and oxygen atoms in total. The van der Waals surface area contributed by atoms with Gasteiger partial charge in [-0.05, 0) is 12.1 Å². The third kappa shape index (κ3) is 1.88. The molecule has 2 N–H and O–H groups in total. The van der Waals surface area contributed by atoms with Crippen molar-refractivity contribution in [2.24, 2.45) is 5.73 Å². The fourth-order valence-corrected chi connectivity index (χ4v) is 3.01. The SMILES string of the molecule is COc1ncccc1-c1c(C(N)=O)sc2cncnc12. The molecule has 0 radical (unpaired) electrons. The zero-order valence-corrected chi connectivity index (χ0v) is 11.3. The summed E-state index contributed by atoms with van der Waals surface area (Å²) >= 11 is 1.26. The molecular weight excluding hydrogens is 276 g/mol. The summed E-state index contributed by atoms with van der Waals surface area (Å²) in [6.45, 7) is 0. The fourth-order valence-electron chi connectivity index (χ4n) is 2.01. The number of hydrogen-bond donors (Lipinski definition) is 1. The number of aromatic nitrogens is 3. The van der Waals surface area contributed by atoms with Crippen molar-refractivity contribution in [3.05, 3.63) is 35.7 Å². The Morgan fingerprint density at radius 2 is 2.25 bits per heavy atom. The lowest BCUT2D eigenvalue weighted by molar-refractivity contribution is 0.100. The number of fused-ring (bicyclic) bond motifs is 1. The molecule has 0 aliphatic heterocycles. The first-order chi connectivity index (χ1) is 9.72. The molecule has 0 aromatic carbocycles. The first-order valence-electron chi connectivity index (χ1n) is 5.74. The number of carbonyl (C=O) groups is 1. The van der Waals surface area contributed by atoms with Crippen LogP contribution < -0.4 is 10.5 Å². The molecule has 7 heteroatoms. The third-order valence-electron chi connectivity index (χ3n) is 2.81. The highest BCUT2D eigenvalue weighted by molar-refractivity contribution is 7.21. The Morgan fingerprint density at radius 3 is 3.00 bits per heavy atom. The second-order valence-electron chi connectivity index (χ2n) is 3.97. The van der Waals surface area contributed by atoms with E-state index in [-0.39, 0.29) is 0 Å². The lowest BCUT2D eigenvalue weighted by Crippen LogP contribution is -2.10. The van der Waals surface area contributed by atoms with Crippen LogP contribution >= 0.6 is 11.3 Å². The minimum Gasteiger partial charge on any atom is -0.481 e. The van der Waals surface area contributed by atoms with Crippen LogP contribution in [-0.2, 0) is 0 Å². The van der Waals surface area contributed by atoms with E-state index < -0.39 is 5.91 Å². The highest BCUT2D eigenvalue weighted by atomic mass is 32.1. The smallest absolute Gasteiger partial charge is 0.259 e. The van der Waals surface area contributed by atoms with Crippen LogP contribution in [0, 0.1) is 0 Å². The van der Waals surface area contributed by atoms with Crippen LogP contribution in [0.5, 0.6) is 5.88 Å². The van der Waals surface area contributed by atoms with Crippen molar-refractivity contribution in [2.75, 3.05) is 7.11 Å². The van der Waals surface area contributed by atoms with Gasteiger partial charge >= 0.3 is 0 Å². The molecule has 0 saturated heterocycles. The summed E-state index contributed by atoms with van der Waals surface area (Å²) in [5, 5.41) is 0. The van der Waals surface area contributed by atoms with Crippen molar-refractivity contribution in [1.29, 1.82) is 0 Å². The lowest BCUT2D eigenvalue weighted by atomic mass is 10.1. The van der Waals surface area contributed by atoms with E-state index in [1.54, 1.807) is 18.5 Å². The number of rotatable bonds is 3. The molecule has 100 valence electrons. The van der Waals surface area contributed by atoms with E-state index in [1.807, 2.05) is 6.07 Å². The van der Waals surface area contributed by atoms with Gasteiger partial charge in [-0.3, -0.25) is 4.79 Å². The molecule has 0 atom stereocenters. The van der Waals surface area contributed by atoms with E-state index in [1.165, 1.54) is 24.8 Å². The summed E-state index contributed by atoms with van der Waals surface area (Å²) < 4.78 is 6.04. The predicted octanol–water partition coefficient (Wildman–Crippen LogP) is 1.86. The minimum atomic E-state index is -0.506. The first kappa shape index (κ1) is 12.5. The van der Waals surface area contributed by atoms with Crippen LogP contribution in [-0.4, -0.2) is 28.0 Å². The number of thiophene rings is 1. The van der Waals surface area contributed by atoms with Crippen LogP contribution in [0.3, 0.4) is 0 Å². The van der Waals surface area contributed by atoms with E-state index in [0.717, 1.165) is 4.70 Å². The maximum Gasteiger partial charge on any atom is 0.259 e. The van der Waals surface area contributed by atoms with Crippen molar-refractivity contribution < 1.29 is 9.53 Å². The fraction of sp³-hybridized carbons (Fsp3) is 0.0769. The molecule has 3 aromatic rings. The Morgan fingerprint density at radius 1 is 1.40 bits per heavy atom. The van der Waals surface area contributed by atoms with Crippen LogP contribution in [0.1, 0.15) is 9.67 Å². The topological polar surface area (TPSA) is 91.0 Å². The van der Waals surface area contributed by atoms with Gasteiger partial charge in [0.1, 0.15) is 11.2 Å². The average Bonchev–Trinajstić information content (AvgIpc) is 2.86. The van der Waals surface area contributed by atoms with Gasteiger partial charge in [-0.25, -0.2) is 15.0 Å². The lowest BCUT2D eigenvalue weighted by Gasteiger charge is -2.07. The van der Waals surface area contributed by atoms with Gasteiger partial charge in [0.05, 0.1) is 17.3 Å². The van der Waals surface area contributed by atoms with Gasteiger partial charge in [0.15, 0.2) is 0 Å². The van der Waals surface area contributed by atoms with Gasteiger partial charge in [0, 0.05) is 23.5 Å². The van der Waals surface area contributed by atoms with Gasteiger partial charge in [0.25, 0.3) is 5.91 Å². The number of ether oxygens (including phenoxy) is 1. The third-order valence-corrected chi connectivity index (χ3v) is 3.94. The molecule has 0 bridgehead atoms. The number of amides is 1. The summed E-state index contributed by atoms with van der Waals surface area (Å²) in [5.41, 5.74) is 7.47. The molecule has 3 rings (SSSR count). The maximum absolute atomic E-state index is 11.7. The van der Waals surface area contributed by atoms with E-state index in [2.05, 4.69) is 15.0 Å². The van der Waals surface area contributed by atoms with Crippen molar-refractivity contribution in [2.45, 2.75) is 0 Å². The molecular formula is C13H10N4O2S. The Bertz CT molecular complexity index is 800. The molecule has 3 aromatic heterocycles. The minimum absolute atomic E-state index is 0.423. The normalized spacial score (nSPS) is 10.7. The highest BCUT2D eigenvalue weighted by Crippen LogP contribution is 2.40. The second kappa shape index (κ2) is 4.86. The Balaban J connectivity index is 2.39. The van der Waals surface area contributed by atoms with E-state index in [4.69, 9.17) is 10.5 Å². The van der Waals surface area contributed by atoms with Crippen LogP contribution in [0.25, 0.3) is 21.3 Å². The van der Waals surface area contributed by atoms with Crippen molar-refractivity contribution in [3.8, 4) is 17.0 Å². The van der Waals surface area contributed by atoms with Gasteiger partial charge < -0.3 is 10.5 Å². The summed E-state index contributed by atoms with van der Waals surface area (Å²) in [5.74, 6) is -0.0813. The van der Waals surface area contributed by atoms with E-state index in [0.29, 0.717) is 27.4 Å². The number of pyridine rings is 1. The van der Waals surface area contributed by atoms with E-state index >= 15 is 0 Å². The van der Waals surface area contributed by atoms with Crippen LogP contribution in [0.2, 0.25) is 0 Å². The Labute approximate surface area is 118 Å². The highest BCUT2D eigenvalue weighted by Gasteiger charge is 2.21. The molecule has 1 amide bonds. The van der Waals surface area contributed by atoms with E-state index in [9.17, 15) is 4.79 Å². The molecule has 0 unspecified atom stereocenters. The molecule has 0 aliphatic rings. The predicted molar refractivity (Wildman–Crippen MR) is 75.7 cm³/mol. The van der Waals surface area contributed by atoms with Gasteiger partial charge in [-0.1, -0.05) is 0 Å². The average molecular weight is 286 g/mol. The molecule has 0 aliphatic carbocycles. The Hall–Kier alpha value is -2.54. The van der Waals surface area contributed by atoms with Crippen LogP contribution in [0.15, 0.2) is 30.9 Å². The van der Waals surface area contributed by atoms with Crippen molar-refractivity contribution in [1.82, 2.24) is 15.0 Å². The summed E-state index contributed by atoms with van der Waals surface area (Å²) in [7, 11) is 1.53. The van der Waals surface area contributed by atoms with Crippen molar-refractivity contribution >= 4 is 27.5 Å². The largest absolute Gasteiger partial charge is 0.481 e. The van der Waals surface area contributed by atoms with Gasteiger partial charge in [-0.15, -0.1) is 11.3 Å². The molecule has 20 heavy (non-hydrogen) atoms. The number of methoxy groups -OCH3 is 1. The van der Waals surface area contributed by atoms with Crippen molar-refractivity contribution in [3.63, 3.8) is 0 Å². The number of nitrogens with zero attached hydrogens (tertiary/aromatic N) is 3. The monoisotopic (exact) mass is 286 g/mol. The summed E-state index contributed by atoms with van der Waals surface area (Å²) in [6, 6.07) is 3.59. The van der Waals surface area contributed by atoms with Crippen LogP contribution in [0.4, 0.5) is 0 Å². The second-order valence-corrected chi connectivity index (χ2v) is 5.02. The zero-order chi connectivity index (χ0) is 14.1. The summed E-state index contributed by atoms with van der Waals surface area (Å²) in [4.78, 5) is 24.5. The molecule has 0 fully saturated rings. The number of carbonyl (C=O) groups excluding carboxylic acids is 1. The molecule has 0 saturated carbocycles. The molecule has 0 spiro atoms. The maximum atomic E-state index is 11.7. The number of nitrogens with two attached hydrogens (primary N) is 1. The first-order valence-corrected chi connectivity index (χ1v) is 6.55. The Kier molecular flexibility index (Phi) is 3.03. The number of primary amides is 1. The van der Waals surface area contributed by atoms with Gasteiger partial charge in [-0.2, -0.15) is 0 Å².